The molecular weight excluding hydrogens is 197 g/mol. The van der Waals surface area contributed by atoms with Gasteiger partial charge in [-0.25, -0.2) is 4.98 Å². The van der Waals surface area contributed by atoms with E-state index in [-0.39, 0.29) is 5.56 Å². The maximum absolute atomic E-state index is 11.9. The van der Waals surface area contributed by atoms with Crippen molar-refractivity contribution in [3.05, 3.63) is 17.3 Å². The predicted octanol–water partition coefficient (Wildman–Crippen LogP) is 2.18. The highest BCUT2D eigenvalue weighted by Crippen LogP contribution is 2.26. The van der Waals surface area contributed by atoms with Gasteiger partial charge in [-0.2, -0.15) is 0 Å². The van der Waals surface area contributed by atoms with Crippen molar-refractivity contribution in [2.75, 3.05) is 5.73 Å². The molecule has 14 heavy (non-hydrogen) atoms. The molecule has 0 aliphatic carbocycles. The fraction of sp³-hybridized carbons (Fsp3) is 0.375. The summed E-state index contributed by atoms with van der Waals surface area (Å²) in [6.07, 6.45) is -4.72. The number of nitrogens with zero attached hydrogens (tertiary/aromatic N) is 1. The van der Waals surface area contributed by atoms with E-state index in [0.717, 1.165) is 0 Å². The minimum atomic E-state index is -4.72. The lowest BCUT2D eigenvalue weighted by Crippen LogP contribution is -2.19. The standard InChI is InChI=1S/C8H9F3N2O/c1-4-3-6(12)5(2)13-7(4)14-8(9,10)11/h3H,12H2,1-2H3. The van der Waals surface area contributed by atoms with Crippen molar-refractivity contribution in [3.63, 3.8) is 0 Å². The van der Waals surface area contributed by atoms with Gasteiger partial charge in [-0.05, 0) is 19.9 Å². The van der Waals surface area contributed by atoms with Gasteiger partial charge in [-0.1, -0.05) is 0 Å². The predicted molar refractivity (Wildman–Crippen MR) is 44.8 cm³/mol. The number of hydrogen-bond acceptors (Lipinski definition) is 3. The average molecular weight is 206 g/mol. The van der Waals surface area contributed by atoms with Gasteiger partial charge in [0, 0.05) is 5.56 Å². The number of aromatic nitrogens is 1. The molecule has 6 heteroatoms. The molecule has 0 saturated carbocycles. The van der Waals surface area contributed by atoms with Crippen molar-refractivity contribution < 1.29 is 17.9 Å². The van der Waals surface area contributed by atoms with Crippen molar-refractivity contribution in [3.8, 4) is 5.88 Å². The SMILES string of the molecule is Cc1cc(N)c(C)nc1OC(F)(F)F. The third-order valence-corrected chi connectivity index (χ3v) is 1.61. The lowest BCUT2D eigenvalue weighted by Gasteiger charge is -2.11. The van der Waals surface area contributed by atoms with E-state index in [1.165, 1.54) is 19.9 Å². The Morgan fingerprint density at radius 2 is 1.93 bits per heavy atom. The van der Waals surface area contributed by atoms with Crippen molar-refractivity contribution >= 4 is 5.69 Å². The van der Waals surface area contributed by atoms with Crippen LogP contribution in [-0.4, -0.2) is 11.3 Å². The van der Waals surface area contributed by atoms with E-state index in [0.29, 0.717) is 11.4 Å². The number of hydrogen-bond donors (Lipinski definition) is 1. The molecule has 1 aromatic rings. The molecule has 0 aliphatic heterocycles. The van der Waals surface area contributed by atoms with Crippen molar-refractivity contribution in [2.45, 2.75) is 20.2 Å². The highest BCUT2D eigenvalue weighted by atomic mass is 19.4. The molecule has 1 rings (SSSR count). The second-order valence-corrected chi connectivity index (χ2v) is 2.83. The molecule has 78 valence electrons. The first-order chi connectivity index (χ1) is 6.29. The van der Waals surface area contributed by atoms with Gasteiger partial charge in [-0.15, -0.1) is 13.2 Å². The molecule has 0 aliphatic rings. The smallest absolute Gasteiger partial charge is 0.397 e. The quantitative estimate of drug-likeness (QED) is 0.766. The van der Waals surface area contributed by atoms with E-state index in [2.05, 4.69) is 9.72 Å². The minimum absolute atomic E-state index is 0.255. The zero-order chi connectivity index (χ0) is 10.9. The molecule has 0 aromatic carbocycles. The number of anilines is 1. The fourth-order valence-corrected chi connectivity index (χ4v) is 0.917. The number of nitrogens with two attached hydrogens (primary N) is 1. The van der Waals surface area contributed by atoms with E-state index in [1.807, 2.05) is 0 Å². The summed E-state index contributed by atoms with van der Waals surface area (Å²) in [4.78, 5) is 3.59. The number of ether oxygens (including phenoxy) is 1. The maximum atomic E-state index is 11.9. The van der Waals surface area contributed by atoms with Crippen LogP contribution in [0.15, 0.2) is 6.07 Å². The maximum Gasteiger partial charge on any atom is 0.574 e. The number of pyridine rings is 1. The molecule has 0 fully saturated rings. The van der Waals surface area contributed by atoms with Gasteiger partial charge in [0.15, 0.2) is 0 Å². The van der Waals surface area contributed by atoms with E-state index < -0.39 is 12.2 Å². The first-order valence-corrected chi connectivity index (χ1v) is 3.79. The molecule has 0 unspecified atom stereocenters. The zero-order valence-corrected chi connectivity index (χ0v) is 7.64. The van der Waals surface area contributed by atoms with E-state index in [9.17, 15) is 13.2 Å². The zero-order valence-electron chi connectivity index (χ0n) is 7.64. The Labute approximate surface area is 78.7 Å². The molecule has 1 heterocycles. The number of halogens is 3. The first kappa shape index (κ1) is 10.6. The highest BCUT2D eigenvalue weighted by molar-refractivity contribution is 5.47. The van der Waals surface area contributed by atoms with Crippen LogP contribution in [0, 0.1) is 13.8 Å². The van der Waals surface area contributed by atoms with Gasteiger partial charge in [0.05, 0.1) is 11.4 Å². The van der Waals surface area contributed by atoms with Crippen molar-refractivity contribution in [1.82, 2.24) is 4.98 Å². The van der Waals surface area contributed by atoms with Gasteiger partial charge in [0.1, 0.15) is 0 Å². The summed E-state index contributed by atoms with van der Waals surface area (Å²) in [5.74, 6) is -0.454. The Morgan fingerprint density at radius 3 is 2.43 bits per heavy atom. The normalized spacial score (nSPS) is 11.5. The molecule has 2 N–H and O–H groups in total. The average Bonchev–Trinajstić information content (AvgIpc) is 1.97. The monoisotopic (exact) mass is 206 g/mol. The largest absolute Gasteiger partial charge is 0.574 e. The van der Waals surface area contributed by atoms with Gasteiger partial charge >= 0.3 is 6.36 Å². The van der Waals surface area contributed by atoms with Crippen LogP contribution in [0.1, 0.15) is 11.3 Å². The number of aryl methyl sites for hydroxylation is 2. The van der Waals surface area contributed by atoms with E-state index >= 15 is 0 Å². The minimum Gasteiger partial charge on any atom is -0.397 e. The molecule has 3 nitrogen and oxygen atoms in total. The summed E-state index contributed by atoms with van der Waals surface area (Å²) in [6.45, 7) is 2.96. The van der Waals surface area contributed by atoms with E-state index in [1.54, 1.807) is 0 Å². The third kappa shape index (κ3) is 2.51. The third-order valence-electron chi connectivity index (χ3n) is 1.61. The number of nitrogen functional groups attached to an aromatic ring is 1. The van der Waals surface area contributed by atoms with Crippen LogP contribution >= 0.6 is 0 Å². The van der Waals surface area contributed by atoms with Gasteiger partial charge < -0.3 is 10.5 Å². The Kier molecular flexibility index (Phi) is 2.55. The highest BCUT2D eigenvalue weighted by Gasteiger charge is 2.32. The molecular formula is C8H9F3N2O. The van der Waals surface area contributed by atoms with Crippen LogP contribution < -0.4 is 10.5 Å². The number of rotatable bonds is 1. The van der Waals surface area contributed by atoms with Gasteiger partial charge in [0.25, 0.3) is 0 Å². The lowest BCUT2D eigenvalue weighted by molar-refractivity contribution is -0.276. The van der Waals surface area contributed by atoms with Crippen LogP contribution in [0.4, 0.5) is 18.9 Å². The first-order valence-electron chi connectivity index (χ1n) is 3.79. The Balaban J connectivity index is 3.04. The summed E-state index contributed by atoms with van der Waals surface area (Å²) in [5.41, 5.74) is 6.37. The van der Waals surface area contributed by atoms with Crippen molar-refractivity contribution in [2.24, 2.45) is 0 Å². The lowest BCUT2D eigenvalue weighted by atomic mass is 10.2. The summed E-state index contributed by atoms with van der Waals surface area (Å²) in [7, 11) is 0. The van der Waals surface area contributed by atoms with Crippen LogP contribution in [0.3, 0.4) is 0 Å². The number of alkyl halides is 3. The van der Waals surface area contributed by atoms with E-state index in [4.69, 9.17) is 5.73 Å². The topological polar surface area (TPSA) is 48.1 Å². The summed E-state index contributed by atoms with van der Waals surface area (Å²) in [5, 5.41) is 0. The summed E-state index contributed by atoms with van der Waals surface area (Å²) < 4.78 is 39.3. The molecule has 0 spiro atoms. The van der Waals surface area contributed by atoms with Crippen LogP contribution in [0.2, 0.25) is 0 Å². The van der Waals surface area contributed by atoms with Crippen LogP contribution in [0.25, 0.3) is 0 Å². The molecule has 0 atom stereocenters. The molecule has 1 aromatic heterocycles. The Bertz CT molecular complexity index is 349. The Hall–Kier alpha value is -1.46. The second-order valence-electron chi connectivity index (χ2n) is 2.83. The summed E-state index contributed by atoms with van der Waals surface area (Å²) in [6, 6.07) is 1.39. The molecule has 0 amide bonds. The second kappa shape index (κ2) is 3.36. The van der Waals surface area contributed by atoms with Gasteiger partial charge in [-0.3, -0.25) is 0 Å². The van der Waals surface area contributed by atoms with Crippen LogP contribution in [0.5, 0.6) is 5.88 Å². The Morgan fingerprint density at radius 1 is 1.36 bits per heavy atom. The molecule has 0 radical (unpaired) electrons. The molecule has 0 saturated heterocycles. The van der Waals surface area contributed by atoms with Crippen LogP contribution in [-0.2, 0) is 0 Å². The fourth-order valence-electron chi connectivity index (χ4n) is 0.917. The van der Waals surface area contributed by atoms with Gasteiger partial charge in [0.2, 0.25) is 5.88 Å². The van der Waals surface area contributed by atoms with Crippen molar-refractivity contribution in [1.29, 1.82) is 0 Å². The summed E-state index contributed by atoms with van der Waals surface area (Å²) >= 11 is 0. The molecule has 0 bridgehead atoms.